The molecule has 0 rings (SSSR count). The standard InChI is InChI=1S/C78H152O17P2/c1-6-9-12-15-18-21-24-27-29-30-31-33-36-39-42-49-54-59-64-78(83)94-73(67-88-75(80)61-56-51-46-40-37-35-32-28-25-22-19-16-13-10-7-2)69-92-96(84,85)90-65-72(79)66-91-97(86,87)93-70-74(68-89-76(81)62-57-52-47-44-43-45-50-55-60-71(4)5)95-77(82)63-58-53-48-41-38-34-26-23-20-17-14-11-8-3/h71-74,79H,6-70H2,1-5H3,(H,84,85)(H,86,87)/t72-,73-,74-/m1/s1. The lowest BCUT2D eigenvalue weighted by molar-refractivity contribution is -0.161. The van der Waals surface area contributed by atoms with Gasteiger partial charge in [0.1, 0.15) is 19.3 Å². The largest absolute Gasteiger partial charge is 0.472 e. The second-order valence-electron chi connectivity index (χ2n) is 28.6. The molecule has 0 aliphatic heterocycles. The minimum Gasteiger partial charge on any atom is -0.462 e. The predicted octanol–water partition coefficient (Wildman–Crippen LogP) is 23.3. The Balaban J connectivity index is 5.25. The fraction of sp³-hybridized carbons (Fsp3) is 0.949. The molecule has 0 heterocycles. The van der Waals surface area contributed by atoms with Crippen LogP contribution in [0.5, 0.6) is 0 Å². The van der Waals surface area contributed by atoms with Crippen LogP contribution in [0, 0.1) is 5.92 Å². The van der Waals surface area contributed by atoms with E-state index >= 15 is 0 Å². The van der Waals surface area contributed by atoms with Gasteiger partial charge in [-0.3, -0.25) is 37.3 Å². The average Bonchev–Trinajstić information content (AvgIpc) is 3.75. The quantitative estimate of drug-likeness (QED) is 0.0222. The summed E-state index contributed by atoms with van der Waals surface area (Å²) in [5.74, 6) is -1.38. The highest BCUT2D eigenvalue weighted by atomic mass is 31.2. The van der Waals surface area contributed by atoms with Crippen molar-refractivity contribution >= 4 is 39.5 Å². The van der Waals surface area contributed by atoms with Crippen LogP contribution in [0.15, 0.2) is 0 Å². The number of aliphatic hydroxyl groups excluding tert-OH is 1. The first-order valence-corrected chi connectivity index (χ1v) is 43.6. The summed E-state index contributed by atoms with van der Waals surface area (Å²) in [5, 5.41) is 10.6. The zero-order chi connectivity index (χ0) is 71.2. The fourth-order valence-corrected chi connectivity index (χ4v) is 13.6. The topological polar surface area (TPSA) is 237 Å². The number of ether oxygens (including phenoxy) is 4. The molecule has 0 aliphatic rings. The molecule has 0 amide bonds. The molecule has 5 atom stereocenters. The lowest BCUT2D eigenvalue weighted by Crippen LogP contribution is -2.30. The Morgan fingerprint density at radius 3 is 0.701 bits per heavy atom. The number of unbranched alkanes of at least 4 members (excludes halogenated alkanes) is 50. The molecule has 0 saturated heterocycles. The van der Waals surface area contributed by atoms with Crippen molar-refractivity contribution < 1.29 is 80.2 Å². The molecule has 576 valence electrons. The lowest BCUT2D eigenvalue weighted by Gasteiger charge is -2.21. The molecule has 0 aromatic rings. The van der Waals surface area contributed by atoms with E-state index in [2.05, 4.69) is 34.6 Å². The van der Waals surface area contributed by atoms with E-state index < -0.39 is 97.5 Å². The second-order valence-corrected chi connectivity index (χ2v) is 31.5. The summed E-state index contributed by atoms with van der Waals surface area (Å²) >= 11 is 0. The highest BCUT2D eigenvalue weighted by Crippen LogP contribution is 2.45. The maximum Gasteiger partial charge on any atom is 0.472 e. The number of phosphoric ester groups is 2. The molecule has 2 unspecified atom stereocenters. The summed E-state index contributed by atoms with van der Waals surface area (Å²) in [7, 11) is -9.91. The van der Waals surface area contributed by atoms with Crippen LogP contribution >= 0.6 is 15.6 Å². The maximum atomic E-state index is 13.1. The van der Waals surface area contributed by atoms with Crippen LogP contribution in [0.25, 0.3) is 0 Å². The highest BCUT2D eigenvalue weighted by Gasteiger charge is 2.30. The molecule has 0 radical (unpaired) electrons. The van der Waals surface area contributed by atoms with Crippen molar-refractivity contribution in [1.82, 2.24) is 0 Å². The molecule has 0 aromatic heterocycles. The summed E-state index contributed by atoms with van der Waals surface area (Å²) in [5.41, 5.74) is 0. The van der Waals surface area contributed by atoms with E-state index in [-0.39, 0.29) is 25.7 Å². The van der Waals surface area contributed by atoms with Crippen LogP contribution in [-0.2, 0) is 65.4 Å². The molecular formula is C78H152O17P2. The van der Waals surface area contributed by atoms with Crippen molar-refractivity contribution in [3.05, 3.63) is 0 Å². The Morgan fingerprint density at radius 1 is 0.278 bits per heavy atom. The molecule has 0 aromatic carbocycles. The van der Waals surface area contributed by atoms with Gasteiger partial charge in [0.15, 0.2) is 12.2 Å². The van der Waals surface area contributed by atoms with E-state index in [9.17, 15) is 43.2 Å². The first-order chi connectivity index (χ1) is 47.0. The SMILES string of the molecule is CCCCCCCCCCCCCCCCCCCCC(=O)O[C@H](COC(=O)CCCCCCCCCCCCCCCCC)COP(=O)(O)OC[C@@H](O)COP(=O)(O)OC[C@@H](COC(=O)CCCCCCCCCCC(C)C)OC(=O)CCCCCCCCCCCCCCC. The van der Waals surface area contributed by atoms with E-state index in [1.807, 2.05) is 0 Å². The minimum absolute atomic E-state index is 0.107. The van der Waals surface area contributed by atoms with Gasteiger partial charge in [0.2, 0.25) is 0 Å². The van der Waals surface area contributed by atoms with Crippen LogP contribution in [0.3, 0.4) is 0 Å². The van der Waals surface area contributed by atoms with Gasteiger partial charge in [0, 0.05) is 25.7 Å². The van der Waals surface area contributed by atoms with Crippen molar-refractivity contribution in [2.24, 2.45) is 5.92 Å². The minimum atomic E-state index is -4.96. The molecule has 17 nitrogen and oxygen atoms in total. The van der Waals surface area contributed by atoms with Crippen molar-refractivity contribution in [2.75, 3.05) is 39.6 Å². The summed E-state index contributed by atoms with van der Waals surface area (Å²) < 4.78 is 68.6. The van der Waals surface area contributed by atoms with Gasteiger partial charge in [-0.25, -0.2) is 9.13 Å². The first kappa shape index (κ1) is 95.1. The molecule has 0 bridgehead atoms. The third-order valence-corrected chi connectivity index (χ3v) is 20.2. The third-order valence-electron chi connectivity index (χ3n) is 18.3. The molecule has 3 N–H and O–H groups in total. The second kappa shape index (κ2) is 71.1. The molecule has 97 heavy (non-hydrogen) atoms. The number of esters is 4. The van der Waals surface area contributed by atoms with Crippen LogP contribution in [0.4, 0.5) is 0 Å². The van der Waals surface area contributed by atoms with Crippen molar-refractivity contribution in [3.63, 3.8) is 0 Å². The molecule has 19 heteroatoms. The van der Waals surface area contributed by atoms with Crippen molar-refractivity contribution in [2.45, 2.75) is 432 Å². The van der Waals surface area contributed by atoms with Crippen LogP contribution < -0.4 is 0 Å². The fourth-order valence-electron chi connectivity index (χ4n) is 12.1. The van der Waals surface area contributed by atoms with Gasteiger partial charge in [-0.1, -0.05) is 362 Å². The number of carbonyl (C=O) groups is 4. The average molecular weight is 1420 g/mol. The van der Waals surface area contributed by atoms with Gasteiger partial charge in [0.25, 0.3) is 0 Å². The summed E-state index contributed by atoms with van der Waals surface area (Å²) in [6.45, 7) is 7.28. The zero-order valence-corrected chi connectivity index (χ0v) is 65.0. The zero-order valence-electron chi connectivity index (χ0n) is 63.2. The lowest BCUT2D eigenvalue weighted by atomic mass is 10.0. The number of hydrogen-bond donors (Lipinski definition) is 3. The monoisotopic (exact) mass is 1420 g/mol. The van der Waals surface area contributed by atoms with Crippen molar-refractivity contribution in [3.8, 4) is 0 Å². The summed E-state index contributed by atoms with van der Waals surface area (Å²) in [6.07, 6.45) is 61.0. The van der Waals surface area contributed by atoms with Gasteiger partial charge >= 0.3 is 39.5 Å². The Labute approximate surface area is 594 Å². The summed E-state index contributed by atoms with van der Waals surface area (Å²) in [6, 6.07) is 0. The smallest absolute Gasteiger partial charge is 0.462 e. The molecule has 0 saturated carbocycles. The van der Waals surface area contributed by atoms with E-state index in [0.717, 1.165) is 95.8 Å². The Hall–Kier alpha value is -1.94. The van der Waals surface area contributed by atoms with Gasteiger partial charge in [-0.05, 0) is 31.6 Å². The van der Waals surface area contributed by atoms with Crippen LogP contribution in [-0.4, -0.2) is 96.7 Å². The van der Waals surface area contributed by atoms with Gasteiger partial charge in [0.05, 0.1) is 26.4 Å². The van der Waals surface area contributed by atoms with Gasteiger partial charge in [-0.15, -0.1) is 0 Å². The molecular weight excluding hydrogens is 1270 g/mol. The van der Waals surface area contributed by atoms with Crippen molar-refractivity contribution in [1.29, 1.82) is 0 Å². The Bertz CT molecular complexity index is 1860. The first-order valence-electron chi connectivity index (χ1n) is 40.6. The van der Waals surface area contributed by atoms with E-state index in [0.29, 0.717) is 25.7 Å². The third kappa shape index (κ3) is 72.2. The normalized spacial score (nSPS) is 13.9. The highest BCUT2D eigenvalue weighted by molar-refractivity contribution is 7.47. The van der Waals surface area contributed by atoms with E-state index in [1.54, 1.807) is 0 Å². The maximum absolute atomic E-state index is 13.1. The Kier molecular flexibility index (Phi) is 69.6. The van der Waals surface area contributed by atoms with E-state index in [4.69, 9.17) is 37.0 Å². The number of phosphoric acid groups is 2. The summed E-state index contributed by atoms with van der Waals surface area (Å²) in [4.78, 5) is 72.9. The molecule has 0 fully saturated rings. The van der Waals surface area contributed by atoms with Crippen LogP contribution in [0.2, 0.25) is 0 Å². The molecule has 0 spiro atoms. The van der Waals surface area contributed by atoms with Gasteiger partial charge < -0.3 is 33.8 Å². The number of aliphatic hydroxyl groups is 1. The van der Waals surface area contributed by atoms with Gasteiger partial charge in [-0.2, -0.15) is 0 Å². The predicted molar refractivity (Wildman–Crippen MR) is 395 cm³/mol. The number of hydrogen-bond acceptors (Lipinski definition) is 15. The molecule has 0 aliphatic carbocycles. The number of carbonyl (C=O) groups excluding carboxylic acids is 4. The number of rotatable bonds is 78. The Morgan fingerprint density at radius 2 is 0.474 bits per heavy atom. The van der Waals surface area contributed by atoms with Crippen LogP contribution in [0.1, 0.15) is 413 Å². The van der Waals surface area contributed by atoms with E-state index in [1.165, 1.54) is 238 Å².